The minimum atomic E-state index is -0.374. The van der Waals surface area contributed by atoms with Gasteiger partial charge in [0.05, 0.1) is 6.10 Å². The molecule has 100 valence electrons. The minimum Gasteiger partial charge on any atom is -0.388 e. The molecule has 0 aliphatic carbocycles. The van der Waals surface area contributed by atoms with Crippen LogP contribution in [0.4, 0.5) is 0 Å². The molecule has 0 spiro atoms. The van der Waals surface area contributed by atoms with Gasteiger partial charge in [-0.25, -0.2) is 0 Å². The second kappa shape index (κ2) is 6.88. The standard InChI is InChI=1S/C17H19BrO/c1-13-15(10-6-11-16(13)18)17(19)12-5-9-14-7-3-2-4-8-14/h2-4,6-8,10-11,17,19H,5,9,12H2,1H3. The monoisotopic (exact) mass is 318 g/mol. The van der Waals surface area contributed by atoms with Gasteiger partial charge in [-0.1, -0.05) is 58.4 Å². The number of halogens is 1. The van der Waals surface area contributed by atoms with E-state index in [0.29, 0.717) is 0 Å². The molecule has 2 aromatic rings. The zero-order valence-corrected chi connectivity index (χ0v) is 12.7. The summed E-state index contributed by atoms with van der Waals surface area (Å²) >= 11 is 3.51. The zero-order chi connectivity index (χ0) is 13.7. The lowest BCUT2D eigenvalue weighted by Gasteiger charge is -2.14. The maximum absolute atomic E-state index is 10.3. The van der Waals surface area contributed by atoms with E-state index in [1.165, 1.54) is 5.56 Å². The molecule has 0 amide bonds. The van der Waals surface area contributed by atoms with Crippen LogP contribution in [0.15, 0.2) is 53.0 Å². The van der Waals surface area contributed by atoms with Crippen LogP contribution in [-0.2, 0) is 6.42 Å². The summed E-state index contributed by atoms with van der Waals surface area (Å²) in [5.41, 5.74) is 3.50. The van der Waals surface area contributed by atoms with E-state index in [-0.39, 0.29) is 6.10 Å². The van der Waals surface area contributed by atoms with Gasteiger partial charge in [0.1, 0.15) is 0 Å². The van der Waals surface area contributed by atoms with Crippen molar-refractivity contribution in [2.45, 2.75) is 32.3 Å². The Balaban J connectivity index is 1.91. The summed E-state index contributed by atoms with van der Waals surface area (Å²) in [6, 6.07) is 16.4. The lowest BCUT2D eigenvalue weighted by Crippen LogP contribution is -2.01. The molecule has 0 aromatic heterocycles. The topological polar surface area (TPSA) is 20.2 Å². The summed E-state index contributed by atoms with van der Waals surface area (Å²) in [6.45, 7) is 2.04. The van der Waals surface area contributed by atoms with E-state index >= 15 is 0 Å². The summed E-state index contributed by atoms with van der Waals surface area (Å²) < 4.78 is 1.06. The smallest absolute Gasteiger partial charge is 0.0793 e. The van der Waals surface area contributed by atoms with Crippen molar-refractivity contribution in [1.29, 1.82) is 0 Å². The SMILES string of the molecule is Cc1c(Br)cccc1C(O)CCCc1ccccc1. The van der Waals surface area contributed by atoms with Gasteiger partial charge in [-0.2, -0.15) is 0 Å². The predicted octanol–water partition coefficient (Wildman–Crippen LogP) is 4.81. The Morgan fingerprint density at radius 1 is 1.05 bits per heavy atom. The Labute approximate surface area is 123 Å². The Morgan fingerprint density at radius 2 is 1.79 bits per heavy atom. The molecule has 0 saturated heterocycles. The van der Waals surface area contributed by atoms with Gasteiger partial charge in [-0.15, -0.1) is 0 Å². The first-order valence-electron chi connectivity index (χ1n) is 6.65. The van der Waals surface area contributed by atoms with E-state index in [1.807, 2.05) is 31.2 Å². The number of hydrogen-bond acceptors (Lipinski definition) is 1. The molecule has 0 bridgehead atoms. The summed E-state index contributed by atoms with van der Waals surface area (Å²) in [6.07, 6.45) is 2.44. The van der Waals surface area contributed by atoms with Gasteiger partial charge in [-0.05, 0) is 48.9 Å². The van der Waals surface area contributed by atoms with Crippen molar-refractivity contribution >= 4 is 15.9 Å². The molecule has 1 nitrogen and oxygen atoms in total. The van der Waals surface area contributed by atoms with Crippen molar-refractivity contribution in [2.75, 3.05) is 0 Å². The molecule has 0 fully saturated rings. The molecule has 1 unspecified atom stereocenters. The van der Waals surface area contributed by atoms with Crippen LogP contribution in [0.5, 0.6) is 0 Å². The van der Waals surface area contributed by atoms with Crippen molar-refractivity contribution in [3.63, 3.8) is 0 Å². The minimum absolute atomic E-state index is 0.374. The highest BCUT2D eigenvalue weighted by Crippen LogP contribution is 2.27. The molecule has 1 N–H and O–H groups in total. The third kappa shape index (κ3) is 3.92. The first kappa shape index (κ1) is 14.3. The number of benzene rings is 2. The van der Waals surface area contributed by atoms with Gasteiger partial charge in [0.25, 0.3) is 0 Å². The van der Waals surface area contributed by atoms with Crippen LogP contribution >= 0.6 is 15.9 Å². The average Bonchev–Trinajstić information content (AvgIpc) is 2.43. The van der Waals surface area contributed by atoms with E-state index in [2.05, 4.69) is 40.2 Å². The summed E-state index contributed by atoms with van der Waals surface area (Å²) in [4.78, 5) is 0. The zero-order valence-electron chi connectivity index (χ0n) is 11.1. The number of rotatable bonds is 5. The van der Waals surface area contributed by atoms with Crippen LogP contribution in [0.2, 0.25) is 0 Å². The summed E-state index contributed by atoms with van der Waals surface area (Å²) in [5.74, 6) is 0. The molecule has 19 heavy (non-hydrogen) atoms. The van der Waals surface area contributed by atoms with Gasteiger partial charge in [0, 0.05) is 4.47 Å². The summed E-state index contributed by atoms with van der Waals surface area (Å²) in [7, 11) is 0. The molecule has 0 saturated carbocycles. The molecule has 0 aliphatic heterocycles. The third-order valence-corrected chi connectivity index (χ3v) is 4.31. The highest BCUT2D eigenvalue weighted by Gasteiger charge is 2.11. The Hall–Kier alpha value is -1.12. The molecule has 0 aliphatic rings. The van der Waals surface area contributed by atoms with Crippen molar-refractivity contribution in [3.05, 3.63) is 69.7 Å². The number of aliphatic hydroxyl groups excluding tert-OH is 1. The largest absolute Gasteiger partial charge is 0.388 e. The molecule has 1 atom stereocenters. The van der Waals surface area contributed by atoms with Gasteiger partial charge in [-0.3, -0.25) is 0 Å². The van der Waals surface area contributed by atoms with Crippen molar-refractivity contribution in [2.24, 2.45) is 0 Å². The molecule has 0 radical (unpaired) electrons. The molecule has 2 rings (SSSR count). The van der Waals surface area contributed by atoms with Crippen molar-refractivity contribution in [3.8, 4) is 0 Å². The number of aliphatic hydroxyl groups is 1. The van der Waals surface area contributed by atoms with Crippen LogP contribution in [0.25, 0.3) is 0 Å². The van der Waals surface area contributed by atoms with E-state index in [0.717, 1.165) is 34.9 Å². The van der Waals surface area contributed by atoms with Crippen LogP contribution in [-0.4, -0.2) is 5.11 Å². The van der Waals surface area contributed by atoms with Gasteiger partial charge in [0.2, 0.25) is 0 Å². The first-order chi connectivity index (χ1) is 9.18. The Kier molecular flexibility index (Phi) is 5.17. The van der Waals surface area contributed by atoms with E-state index < -0.39 is 0 Å². The molecule has 0 heterocycles. The second-order valence-electron chi connectivity index (χ2n) is 4.85. The van der Waals surface area contributed by atoms with Gasteiger partial charge in [0.15, 0.2) is 0 Å². The van der Waals surface area contributed by atoms with Crippen LogP contribution in [0.3, 0.4) is 0 Å². The maximum Gasteiger partial charge on any atom is 0.0793 e. The average molecular weight is 319 g/mol. The highest BCUT2D eigenvalue weighted by atomic mass is 79.9. The fourth-order valence-electron chi connectivity index (χ4n) is 2.28. The second-order valence-corrected chi connectivity index (χ2v) is 5.70. The van der Waals surface area contributed by atoms with Crippen molar-refractivity contribution in [1.82, 2.24) is 0 Å². The normalized spacial score (nSPS) is 12.4. The molecule has 2 heteroatoms. The van der Waals surface area contributed by atoms with Gasteiger partial charge >= 0.3 is 0 Å². The molecular formula is C17H19BrO. The quantitative estimate of drug-likeness (QED) is 0.838. The van der Waals surface area contributed by atoms with E-state index in [4.69, 9.17) is 0 Å². The van der Waals surface area contributed by atoms with Gasteiger partial charge < -0.3 is 5.11 Å². The molecular weight excluding hydrogens is 300 g/mol. The summed E-state index contributed by atoms with van der Waals surface area (Å²) in [5, 5.41) is 10.3. The number of aryl methyl sites for hydroxylation is 1. The van der Waals surface area contributed by atoms with Crippen LogP contribution < -0.4 is 0 Å². The predicted molar refractivity (Wildman–Crippen MR) is 83.2 cm³/mol. The maximum atomic E-state index is 10.3. The number of hydrogen-bond donors (Lipinski definition) is 1. The molecule has 2 aromatic carbocycles. The lowest BCUT2D eigenvalue weighted by atomic mass is 9.98. The van der Waals surface area contributed by atoms with Crippen molar-refractivity contribution < 1.29 is 5.11 Å². The lowest BCUT2D eigenvalue weighted by molar-refractivity contribution is 0.164. The third-order valence-electron chi connectivity index (χ3n) is 3.45. The Bertz CT molecular complexity index is 522. The van der Waals surface area contributed by atoms with E-state index in [9.17, 15) is 5.11 Å². The van der Waals surface area contributed by atoms with E-state index in [1.54, 1.807) is 0 Å². The Morgan fingerprint density at radius 3 is 2.53 bits per heavy atom. The van der Waals surface area contributed by atoms with Crippen LogP contribution in [0, 0.1) is 6.92 Å². The fraction of sp³-hybridized carbons (Fsp3) is 0.294. The fourth-order valence-corrected chi connectivity index (χ4v) is 2.67. The van der Waals surface area contributed by atoms with Crippen LogP contribution in [0.1, 0.15) is 35.6 Å². The highest BCUT2D eigenvalue weighted by molar-refractivity contribution is 9.10. The first-order valence-corrected chi connectivity index (χ1v) is 7.45.